The Labute approximate surface area is 156 Å². The molecule has 142 valence electrons. The summed E-state index contributed by atoms with van der Waals surface area (Å²) < 4.78 is 5.40. The zero-order valence-electron chi connectivity index (χ0n) is 15.6. The van der Waals surface area contributed by atoms with Crippen LogP contribution in [0.2, 0.25) is 0 Å². The molecule has 26 heavy (non-hydrogen) atoms. The number of rotatable bonds is 5. The second kappa shape index (κ2) is 8.07. The first-order valence-electron chi connectivity index (χ1n) is 10.1. The van der Waals surface area contributed by atoms with E-state index in [1.807, 2.05) is 0 Å². The van der Waals surface area contributed by atoms with Gasteiger partial charge in [0.2, 0.25) is 5.91 Å². The molecule has 1 saturated carbocycles. The fourth-order valence-corrected chi connectivity index (χ4v) is 4.83. The number of hydrogen-bond acceptors (Lipinski definition) is 4. The van der Waals surface area contributed by atoms with Gasteiger partial charge in [0, 0.05) is 32.7 Å². The van der Waals surface area contributed by atoms with Gasteiger partial charge in [-0.2, -0.15) is 0 Å². The Kier molecular flexibility index (Phi) is 5.57. The highest BCUT2D eigenvalue weighted by Gasteiger charge is 2.49. The number of hydrogen-bond donors (Lipinski definition) is 2. The molecule has 2 N–H and O–H groups in total. The van der Waals surface area contributed by atoms with Gasteiger partial charge in [0.15, 0.2) is 0 Å². The summed E-state index contributed by atoms with van der Waals surface area (Å²) in [6, 6.07) is 8.68. The highest BCUT2D eigenvalue weighted by atomic mass is 16.5. The molecule has 2 aliphatic heterocycles. The van der Waals surface area contributed by atoms with E-state index in [1.54, 1.807) is 0 Å². The molecule has 5 heteroatoms. The number of carbonyl (C=O) groups is 1. The molecule has 1 aromatic carbocycles. The molecule has 0 unspecified atom stereocenters. The van der Waals surface area contributed by atoms with E-state index in [0.29, 0.717) is 12.5 Å². The Morgan fingerprint density at radius 3 is 2.77 bits per heavy atom. The Morgan fingerprint density at radius 1 is 1.19 bits per heavy atom. The number of nitrogens with one attached hydrogen (secondary N) is 2. The van der Waals surface area contributed by atoms with Crippen LogP contribution in [0, 0.1) is 11.3 Å². The summed E-state index contributed by atoms with van der Waals surface area (Å²) >= 11 is 0. The van der Waals surface area contributed by atoms with Crippen molar-refractivity contribution in [2.75, 3.05) is 39.4 Å². The molecule has 0 spiro atoms. The third-order valence-electron chi connectivity index (χ3n) is 6.48. The molecular formula is C21H31N3O2. The van der Waals surface area contributed by atoms with Gasteiger partial charge in [-0.15, -0.1) is 0 Å². The summed E-state index contributed by atoms with van der Waals surface area (Å²) in [5.41, 5.74) is 2.35. The van der Waals surface area contributed by atoms with Gasteiger partial charge in [-0.25, -0.2) is 0 Å². The van der Waals surface area contributed by atoms with Gasteiger partial charge < -0.3 is 15.4 Å². The molecule has 3 fully saturated rings. The maximum atomic E-state index is 12.9. The van der Waals surface area contributed by atoms with E-state index in [9.17, 15) is 4.79 Å². The lowest BCUT2D eigenvalue weighted by Gasteiger charge is -2.37. The first kappa shape index (κ1) is 18.0. The molecule has 0 radical (unpaired) electrons. The van der Waals surface area contributed by atoms with Crippen LogP contribution in [0.1, 0.15) is 36.8 Å². The van der Waals surface area contributed by atoms with E-state index in [1.165, 1.54) is 30.4 Å². The maximum absolute atomic E-state index is 12.9. The van der Waals surface area contributed by atoms with Crippen molar-refractivity contribution in [1.29, 1.82) is 0 Å². The molecule has 1 aliphatic carbocycles. The number of nitrogens with zero attached hydrogens (tertiary/aromatic N) is 1. The van der Waals surface area contributed by atoms with Crippen LogP contribution in [-0.4, -0.2) is 50.2 Å². The minimum absolute atomic E-state index is 0.158. The van der Waals surface area contributed by atoms with E-state index >= 15 is 0 Å². The van der Waals surface area contributed by atoms with Crippen molar-refractivity contribution in [3.8, 4) is 0 Å². The first-order chi connectivity index (χ1) is 12.8. The average molecular weight is 357 g/mol. The number of carbonyl (C=O) groups excluding carboxylic acids is 1. The Balaban J connectivity index is 1.31. The van der Waals surface area contributed by atoms with Crippen LogP contribution < -0.4 is 10.6 Å². The van der Waals surface area contributed by atoms with Crippen LogP contribution in [0.25, 0.3) is 0 Å². The van der Waals surface area contributed by atoms with Gasteiger partial charge in [-0.1, -0.05) is 37.1 Å². The van der Waals surface area contributed by atoms with E-state index < -0.39 is 0 Å². The standard InChI is InChI=1S/C21H31N3O2/c25-20(21-8-2-1-3-19(21)14-22-16-21)23-13-17-4-6-18(7-5-17)15-24-9-11-26-12-10-24/h4-7,19,22H,1-3,8-16H2,(H,23,25)/t19-,21+/m0/s1. The van der Waals surface area contributed by atoms with E-state index in [-0.39, 0.29) is 11.3 Å². The van der Waals surface area contributed by atoms with Crippen molar-refractivity contribution in [3.05, 3.63) is 35.4 Å². The molecule has 3 aliphatic rings. The van der Waals surface area contributed by atoms with Crippen LogP contribution in [0.5, 0.6) is 0 Å². The van der Waals surface area contributed by atoms with Gasteiger partial charge in [-0.3, -0.25) is 9.69 Å². The Hall–Kier alpha value is -1.43. The van der Waals surface area contributed by atoms with Crippen LogP contribution in [0.3, 0.4) is 0 Å². The number of benzene rings is 1. The SMILES string of the molecule is O=C(NCc1ccc(CN2CCOCC2)cc1)[C@@]12CCCC[C@H]1CNC2. The van der Waals surface area contributed by atoms with Crippen molar-refractivity contribution in [2.45, 2.75) is 38.8 Å². The zero-order valence-corrected chi connectivity index (χ0v) is 15.6. The predicted molar refractivity (Wildman–Crippen MR) is 102 cm³/mol. The number of fused-ring (bicyclic) bond motifs is 1. The van der Waals surface area contributed by atoms with E-state index in [0.717, 1.165) is 52.4 Å². The third-order valence-corrected chi connectivity index (χ3v) is 6.48. The molecule has 5 nitrogen and oxygen atoms in total. The summed E-state index contributed by atoms with van der Waals surface area (Å²) in [5.74, 6) is 0.775. The van der Waals surface area contributed by atoms with Crippen molar-refractivity contribution >= 4 is 5.91 Å². The molecule has 1 aromatic rings. The van der Waals surface area contributed by atoms with E-state index in [2.05, 4.69) is 39.8 Å². The molecule has 2 atom stereocenters. The van der Waals surface area contributed by atoms with Crippen molar-refractivity contribution in [2.24, 2.45) is 11.3 Å². The summed E-state index contributed by atoms with van der Waals surface area (Å²) in [6.07, 6.45) is 4.68. The third kappa shape index (κ3) is 3.80. The van der Waals surface area contributed by atoms with Crippen LogP contribution >= 0.6 is 0 Å². The van der Waals surface area contributed by atoms with Crippen molar-refractivity contribution in [3.63, 3.8) is 0 Å². The predicted octanol–water partition coefficient (Wildman–Crippen LogP) is 1.91. The van der Waals surface area contributed by atoms with Crippen molar-refractivity contribution in [1.82, 2.24) is 15.5 Å². The normalized spacial score (nSPS) is 29.3. The van der Waals surface area contributed by atoms with Gasteiger partial charge in [0.1, 0.15) is 0 Å². The summed E-state index contributed by atoms with van der Waals surface area (Å²) in [5, 5.41) is 6.68. The lowest BCUT2D eigenvalue weighted by molar-refractivity contribution is -0.134. The summed E-state index contributed by atoms with van der Waals surface area (Å²) in [7, 11) is 0. The van der Waals surface area contributed by atoms with Crippen LogP contribution in [0.4, 0.5) is 0 Å². The zero-order chi connectivity index (χ0) is 17.8. The monoisotopic (exact) mass is 357 g/mol. The topological polar surface area (TPSA) is 53.6 Å². The minimum atomic E-state index is -0.158. The Bertz CT molecular complexity index is 612. The van der Waals surface area contributed by atoms with Crippen LogP contribution in [-0.2, 0) is 22.6 Å². The van der Waals surface area contributed by atoms with E-state index in [4.69, 9.17) is 4.74 Å². The largest absolute Gasteiger partial charge is 0.379 e. The van der Waals surface area contributed by atoms with Crippen molar-refractivity contribution < 1.29 is 9.53 Å². The molecule has 4 rings (SSSR count). The number of amides is 1. The smallest absolute Gasteiger partial charge is 0.228 e. The lowest BCUT2D eigenvalue weighted by atomic mass is 9.67. The first-order valence-corrected chi connectivity index (χ1v) is 10.1. The minimum Gasteiger partial charge on any atom is -0.379 e. The lowest BCUT2D eigenvalue weighted by Crippen LogP contribution is -2.47. The molecule has 2 saturated heterocycles. The van der Waals surface area contributed by atoms with Gasteiger partial charge in [-0.05, 0) is 36.4 Å². The molecule has 1 amide bonds. The van der Waals surface area contributed by atoms with Gasteiger partial charge in [0.25, 0.3) is 0 Å². The van der Waals surface area contributed by atoms with Gasteiger partial charge in [0.05, 0.1) is 18.6 Å². The fraction of sp³-hybridized carbons (Fsp3) is 0.667. The Morgan fingerprint density at radius 2 is 1.96 bits per heavy atom. The number of ether oxygens (including phenoxy) is 1. The second-order valence-corrected chi connectivity index (χ2v) is 8.12. The average Bonchev–Trinajstić information content (AvgIpc) is 3.13. The second-order valence-electron chi connectivity index (χ2n) is 8.12. The summed E-state index contributed by atoms with van der Waals surface area (Å²) in [6.45, 7) is 7.15. The summed E-state index contributed by atoms with van der Waals surface area (Å²) in [4.78, 5) is 15.4. The molecular weight excluding hydrogens is 326 g/mol. The fourth-order valence-electron chi connectivity index (χ4n) is 4.83. The highest BCUT2D eigenvalue weighted by molar-refractivity contribution is 5.83. The molecule has 2 heterocycles. The van der Waals surface area contributed by atoms with Gasteiger partial charge >= 0.3 is 0 Å². The molecule has 0 aromatic heterocycles. The molecule has 0 bridgehead atoms. The highest BCUT2D eigenvalue weighted by Crippen LogP contribution is 2.43. The quantitative estimate of drug-likeness (QED) is 0.845. The number of morpholine rings is 1. The maximum Gasteiger partial charge on any atom is 0.228 e. The van der Waals surface area contributed by atoms with Crippen LogP contribution in [0.15, 0.2) is 24.3 Å².